The quantitative estimate of drug-likeness (QED) is 0.654. The topological polar surface area (TPSA) is 98.1 Å². The molecule has 3 amide bonds. The second-order valence-electron chi connectivity index (χ2n) is 7.01. The molecule has 0 unspecified atom stereocenters. The summed E-state index contributed by atoms with van der Waals surface area (Å²) >= 11 is 0. The Morgan fingerprint density at radius 1 is 1.24 bits per heavy atom. The van der Waals surface area contributed by atoms with Gasteiger partial charge < -0.3 is 24.6 Å². The highest BCUT2D eigenvalue weighted by atomic mass is 16.5. The second-order valence-corrected chi connectivity index (χ2v) is 7.01. The van der Waals surface area contributed by atoms with Crippen molar-refractivity contribution >= 4 is 17.6 Å². The summed E-state index contributed by atoms with van der Waals surface area (Å²) in [6.45, 7) is 3.06. The molecule has 29 heavy (non-hydrogen) atoms. The van der Waals surface area contributed by atoms with Crippen LogP contribution in [-0.2, 0) is 4.79 Å². The largest absolute Gasteiger partial charge is 0.493 e. The molecule has 0 saturated carbocycles. The second kappa shape index (κ2) is 9.47. The number of hydrogen-bond donors (Lipinski definition) is 1. The first-order valence-electron chi connectivity index (χ1n) is 9.77. The Morgan fingerprint density at radius 2 is 2.03 bits per heavy atom. The molecule has 1 N–H and O–H groups in total. The molecule has 1 aromatic carbocycles. The number of ether oxygens (including phenoxy) is 2. The first-order chi connectivity index (χ1) is 14.1. The van der Waals surface area contributed by atoms with Gasteiger partial charge in [-0.15, -0.1) is 0 Å². The van der Waals surface area contributed by atoms with E-state index in [-0.39, 0.29) is 24.5 Å². The highest BCUT2D eigenvalue weighted by molar-refractivity contribution is 5.94. The highest BCUT2D eigenvalue weighted by Crippen LogP contribution is 2.32. The lowest BCUT2D eigenvalue weighted by Crippen LogP contribution is -2.43. The van der Waals surface area contributed by atoms with Crippen LogP contribution in [0.3, 0.4) is 0 Å². The summed E-state index contributed by atoms with van der Waals surface area (Å²) in [5.74, 6) is 1.13. The molecule has 9 nitrogen and oxygen atoms in total. The third kappa shape index (κ3) is 4.54. The minimum absolute atomic E-state index is 0.0613. The SMILES string of the molecule is COc1ccc(N2CCN(CCNCC(=O)N3CCC[C@H]3C#N)C2=O)cc1OC. The standard InChI is InChI=1S/C20H27N5O4/c1-28-17-6-5-15(12-18(17)29-2)25-11-10-23(20(25)27)9-7-22-14-19(26)24-8-3-4-16(24)13-21/h5-6,12,16,22H,3-4,7-11,14H2,1-2H3/t16-/m0/s1. The molecule has 0 aliphatic carbocycles. The van der Waals surface area contributed by atoms with E-state index in [4.69, 9.17) is 14.7 Å². The fraction of sp³-hybridized carbons (Fsp3) is 0.550. The molecule has 0 bridgehead atoms. The summed E-state index contributed by atoms with van der Waals surface area (Å²) in [7, 11) is 3.13. The third-order valence-corrected chi connectivity index (χ3v) is 5.33. The van der Waals surface area contributed by atoms with Gasteiger partial charge in [-0.05, 0) is 25.0 Å². The molecule has 1 atom stereocenters. The molecule has 2 aliphatic heterocycles. The van der Waals surface area contributed by atoms with E-state index in [0.717, 1.165) is 18.5 Å². The van der Waals surface area contributed by atoms with E-state index in [1.165, 1.54) is 0 Å². The molecule has 2 saturated heterocycles. The smallest absolute Gasteiger partial charge is 0.324 e. The fourth-order valence-electron chi connectivity index (χ4n) is 3.73. The molecular weight excluding hydrogens is 374 g/mol. The predicted molar refractivity (Wildman–Crippen MR) is 107 cm³/mol. The lowest BCUT2D eigenvalue weighted by Gasteiger charge is -2.21. The van der Waals surface area contributed by atoms with Crippen molar-refractivity contribution in [3.05, 3.63) is 18.2 Å². The number of anilines is 1. The van der Waals surface area contributed by atoms with Gasteiger partial charge in [-0.3, -0.25) is 9.69 Å². The van der Waals surface area contributed by atoms with Crippen LogP contribution in [0.2, 0.25) is 0 Å². The molecule has 2 aliphatic rings. The summed E-state index contributed by atoms with van der Waals surface area (Å²) in [6, 6.07) is 7.20. The predicted octanol–water partition coefficient (Wildman–Crippen LogP) is 1.05. The molecule has 156 valence electrons. The number of urea groups is 1. The number of carbonyl (C=O) groups is 2. The Labute approximate surface area is 170 Å². The van der Waals surface area contributed by atoms with Crippen LogP contribution in [0, 0.1) is 11.3 Å². The maximum Gasteiger partial charge on any atom is 0.324 e. The number of methoxy groups -OCH3 is 2. The number of amides is 3. The lowest BCUT2D eigenvalue weighted by atomic mass is 10.2. The van der Waals surface area contributed by atoms with Crippen LogP contribution in [0.1, 0.15) is 12.8 Å². The van der Waals surface area contributed by atoms with Gasteiger partial charge in [-0.25, -0.2) is 4.79 Å². The third-order valence-electron chi connectivity index (χ3n) is 5.33. The number of nitriles is 1. The maximum atomic E-state index is 12.7. The Morgan fingerprint density at radius 3 is 2.76 bits per heavy atom. The molecule has 0 aromatic heterocycles. The number of rotatable bonds is 8. The number of hydrogen-bond acceptors (Lipinski definition) is 6. The van der Waals surface area contributed by atoms with Gasteiger partial charge in [0, 0.05) is 44.5 Å². The van der Waals surface area contributed by atoms with Crippen LogP contribution in [-0.4, -0.2) is 81.3 Å². The van der Waals surface area contributed by atoms with E-state index < -0.39 is 0 Å². The summed E-state index contributed by atoms with van der Waals surface area (Å²) in [4.78, 5) is 30.0. The molecule has 2 fully saturated rings. The Hall–Kier alpha value is -2.99. The van der Waals surface area contributed by atoms with Gasteiger partial charge in [0.25, 0.3) is 0 Å². The molecule has 0 spiro atoms. The first kappa shape index (κ1) is 20.7. The van der Waals surface area contributed by atoms with Crippen LogP contribution in [0.25, 0.3) is 0 Å². The van der Waals surface area contributed by atoms with Gasteiger partial charge in [-0.2, -0.15) is 5.26 Å². The van der Waals surface area contributed by atoms with E-state index in [2.05, 4.69) is 11.4 Å². The highest BCUT2D eigenvalue weighted by Gasteiger charge is 2.30. The van der Waals surface area contributed by atoms with Crippen molar-refractivity contribution in [1.82, 2.24) is 15.1 Å². The van der Waals surface area contributed by atoms with Crippen LogP contribution in [0.4, 0.5) is 10.5 Å². The fourth-order valence-corrected chi connectivity index (χ4v) is 3.73. The zero-order valence-electron chi connectivity index (χ0n) is 16.9. The normalized spacial score (nSPS) is 18.9. The van der Waals surface area contributed by atoms with E-state index in [0.29, 0.717) is 44.2 Å². The zero-order chi connectivity index (χ0) is 20.8. The number of nitrogens with zero attached hydrogens (tertiary/aromatic N) is 4. The molecule has 0 radical (unpaired) electrons. The Balaban J connectivity index is 1.47. The molecule has 1 aromatic rings. The Bertz CT molecular complexity index is 794. The van der Waals surface area contributed by atoms with Gasteiger partial charge in [0.2, 0.25) is 5.91 Å². The molecule has 3 rings (SSSR count). The maximum absolute atomic E-state index is 12.7. The van der Waals surface area contributed by atoms with Crippen molar-refractivity contribution in [2.24, 2.45) is 0 Å². The van der Waals surface area contributed by atoms with Gasteiger partial charge in [0.1, 0.15) is 6.04 Å². The number of carbonyl (C=O) groups excluding carboxylic acids is 2. The molecule has 2 heterocycles. The number of nitrogens with one attached hydrogen (secondary N) is 1. The van der Waals surface area contributed by atoms with Crippen molar-refractivity contribution < 1.29 is 19.1 Å². The Kier molecular flexibility index (Phi) is 6.77. The lowest BCUT2D eigenvalue weighted by molar-refractivity contribution is -0.130. The van der Waals surface area contributed by atoms with Crippen LogP contribution in [0.15, 0.2) is 18.2 Å². The van der Waals surface area contributed by atoms with E-state index in [9.17, 15) is 9.59 Å². The van der Waals surface area contributed by atoms with Gasteiger partial charge in [0.05, 0.1) is 26.8 Å². The van der Waals surface area contributed by atoms with Crippen LogP contribution < -0.4 is 19.7 Å². The summed E-state index contributed by atoms with van der Waals surface area (Å²) in [6.07, 6.45) is 1.62. The minimum Gasteiger partial charge on any atom is -0.493 e. The number of likely N-dealkylation sites (tertiary alicyclic amines) is 1. The van der Waals surface area contributed by atoms with Gasteiger partial charge in [0.15, 0.2) is 11.5 Å². The van der Waals surface area contributed by atoms with Gasteiger partial charge >= 0.3 is 6.03 Å². The number of benzene rings is 1. The first-order valence-corrected chi connectivity index (χ1v) is 9.77. The van der Waals surface area contributed by atoms with Gasteiger partial charge in [-0.1, -0.05) is 0 Å². The average molecular weight is 401 g/mol. The van der Waals surface area contributed by atoms with Crippen molar-refractivity contribution in [1.29, 1.82) is 5.26 Å². The van der Waals surface area contributed by atoms with E-state index in [1.54, 1.807) is 41.1 Å². The molecular formula is C20H27N5O4. The van der Waals surface area contributed by atoms with Crippen molar-refractivity contribution in [2.45, 2.75) is 18.9 Å². The van der Waals surface area contributed by atoms with Crippen LogP contribution >= 0.6 is 0 Å². The molecule has 9 heteroatoms. The van der Waals surface area contributed by atoms with Crippen LogP contribution in [0.5, 0.6) is 11.5 Å². The van der Waals surface area contributed by atoms with Crippen molar-refractivity contribution in [3.63, 3.8) is 0 Å². The van der Waals surface area contributed by atoms with E-state index in [1.807, 2.05) is 6.07 Å². The summed E-state index contributed by atoms with van der Waals surface area (Å²) in [5, 5.41) is 12.2. The minimum atomic E-state index is -0.306. The van der Waals surface area contributed by atoms with E-state index >= 15 is 0 Å². The summed E-state index contributed by atoms with van der Waals surface area (Å²) < 4.78 is 10.6. The zero-order valence-corrected chi connectivity index (χ0v) is 16.9. The monoisotopic (exact) mass is 401 g/mol. The van der Waals surface area contributed by atoms with Crippen molar-refractivity contribution in [2.75, 3.05) is 58.4 Å². The van der Waals surface area contributed by atoms with Crippen molar-refractivity contribution in [3.8, 4) is 17.6 Å². The average Bonchev–Trinajstić information content (AvgIpc) is 3.37. The summed E-state index contributed by atoms with van der Waals surface area (Å²) in [5.41, 5.74) is 0.759.